The molecule has 1 aromatic rings. The second-order valence-corrected chi connectivity index (χ2v) is 7.38. The molecule has 24 heavy (non-hydrogen) atoms. The number of benzene rings is 1. The lowest BCUT2D eigenvalue weighted by atomic mass is 9.77. The highest BCUT2D eigenvalue weighted by Gasteiger charge is 2.34. The predicted octanol–water partition coefficient (Wildman–Crippen LogP) is 3.12. The third kappa shape index (κ3) is 4.96. The van der Waals surface area contributed by atoms with E-state index in [1.807, 2.05) is 32.9 Å². The fraction of sp³-hybridized carbons (Fsp3) is 0.556. The number of nitrogens with two attached hydrogens (primary N) is 1. The quantitative estimate of drug-likeness (QED) is 0.824. The van der Waals surface area contributed by atoms with Crippen LogP contribution in [0.1, 0.15) is 45.7 Å². The van der Waals surface area contributed by atoms with E-state index in [9.17, 15) is 9.59 Å². The van der Waals surface area contributed by atoms with Gasteiger partial charge in [-0.2, -0.15) is 0 Å². The fourth-order valence-electron chi connectivity index (χ4n) is 2.22. The van der Waals surface area contributed by atoms with E-state index in [0.29, 0.717) is 5.69 Å². The highest BCUT2D eigenvalue weighted by atomic mass is 16.6. The van der Waals surface area contributed by atoms with Crippen molar-refractivity contribution in [1.82, 2.24) is 0 Å². The Morgan fingerprint density at radius 1 is 1.17 bits per heavy atom. The number of carbonyl (C=O) groups is 2. The zero-order chi connectivity index (χ0) is 18.7. The Bertz CT molecular complexity index is 618. The summed E-state index contributed by atoms with van der Waals surface area (Å²) < 4.78 is 9.98. The molecule has 6 nitrogen and oxygen atoms in total. The number of nitrogens with one attached hydrogen (secondary N) is 1. The number of methoxy groups -OCH3 is 1. The normalized spacial score (nSPS) is 13.2. The van der Waals surface area contributed by atoms with Crippen molar-refractivity contribution in [2.24, 2.45) is 5.73 Å². The van der Waals surface area contributed by atoms with E-state index in [0.717, 1.165) is 11.1 Å². The van der Waals surface area contributed by atoms with Crippen molar-refractivity contribution in [3.63, 3.8) is 0 Å². The van der Waals surface area contributed by atoms with Crippen molar-refractivity contribution in [3.8, 4) is 0 Å². The Kier molecular flexibility index (Phi) is 6.00. The van der Waals surface area contributed by atoms with E-state index >= 15 is 0 Å². The first-order valence-corrected chi connectivity index (χ1v) is 7.83. The molecule has 3 N–H and O–H groups in total. The maximum atomic E-state index is 11.9. The molecular weight excluding hydrogens is 308 g/mol. The topological polar surface area (TPSA) is 90.6 Å². The minimum atomic E-state index is -0.786. The Balaban J connectivity index is 2.99. The molecule has 1 aromatic carbocycles. The number of aryl methyl sites for hydroxylation is 1. The second-order valence-electron chi connectivity index (χ2n) is 7.38. The number of anilines is 1. The summed E-state index contributed by atoms with van der Waals surface area (Å²) in [4.78, 5) is 23.6. The van der Waals surface area contributed by atoms with Gasteiger partial charge in [0, 0.05) is 11.1 Å². The van der Waals surface area contributed by atoms with Crippen molar-refractivity contribution in [2.45, 2.75) is 58.6 Å². The smallest absolute Gasteiger partial charge is 0.412 e. The van der Waals surface area contributed by atoms with E-state index < -0.39 is 29.1 Å². The second kappa shape index (κ2) is 7.21. The lowest BCUT2D eigenvalue weighted by Gasteiger charge is -2.30. The first kappa shape index (κ1) is 20.0. The molecule has 0 aromatic heterocycles. The summed E-state index contributed by atoms with van der Waals surface area (Å²) in [5.74, 6) is -0.464. The van der Waals surface area contributed by atoms with Crippen LogP contribution in [-0.2, 0) is 19.7 Å². The number of carbonyl (C=O) groups excluding carboxylic acids is 2. The van der Waals surface area contributed by atoms with Crippen LogP contribution in [-0.4, -0.2) is 30.8 Å². The van der Waals surface area contributed by atoms with Crippen LogP contribution in [0.4, 0.5) is 10.5 Å². The maximum Gasteiger partial charge on any atom is 0.412 e. The third-order valence-corrected chi connectivity index (χ3v) is 3.84. The molecule has 0 fully saturated rings. The van der Waals surface area contributed by atoms with Crippen LogP contribution in [0.2, 0.25) is 0 Å². The van der Waals surface area contributed by atoms with E-state index in [2.05, 4.69) is 5.32 Å². The van der Waals surface area contributed by atoms with Gasteiger partial charge in [0.05, 0.1) is 7.11 Å². The molecule has 6 heteroatoms. The van der Waals surface area contributed by atoms with Crippen molar-refractivity contribution in [2.75, 3.05) is 12.4 Å². The van der Waals surface area contributed by atoms with E-state index in [1.165, 1.54) is 7.11 Å². The standard InChI is InChI=1S/C18H28N2O4/c1-11-10-12(18(5,6)14(19)15(21)23-7)8-9-13(11)20-16(22)24-17(2,3)4/h8-10,14H,19H2,1-7H3,(H,20,22). The Morgan fingerprint density at radius 3 is 2.21 bits per heavy atom. The molecule has 0 heterocycles. The lowest BCUT2D eigenvalue weighted by molar-refractivity contribution is -0.143. The van der Waals surface area contributed by atoms with Gasteiger partial charge in [-0.25, -0.2) is 4.79 Å². The molecule has 134 valence electrons. The van der Waals surface area contributed by atoms with Crippen LogP contribution in [0, 0.1) is 6.92 Å². The Labute approximate surface area is 143 Å². The van der Waals surface area contributed by atoms with Crippen molar-refractivity contribution >= 4 is 17.7 Å². The molecule has 0 aliphatic rings. The number of esters is 1. The van der Waals surface area contributed by atoms with Crippen molar-refractivity contribution in [3.05, 3.63) is 29.3 Å². The summed E-state index contributed by atoms with van der Waals surface area (Å²) >= 11 is 0. The summed E-state index contributed by atoms with van der Waals surface area (Å²) in [5, 5.41) is 2.72. The minimum absolute atomic E-state index is 0.464. The monoisotopic (exact) mass is 336 g/mol. The largest absolute Gasteiger partial charge is 0.468 e. The molecule has 0 spiro atoms. The Hall–Kier alpha value is -2.08. The maximum absolute atomic E-state index is 11.9. The molecule has 1 rings (SSSR count). The minimum Gasteiger partial charge on any atom is -0.468 e. The molecule has 1 atom stereocenters. The van der Waals surface area contributed by atoms with Crippen LogP contribution in [0.3, 0.4) is 0 Å². The molecule has 0 saturated heterocycles. The van der Waals surface area contributed by atoms with Crippen molar-refractivity contribution in [1.29, 1.82) is 0 Å². The van der Waals surface area contributed by atoms with Gasteiger partial charge in [0.1, 0.15) is 11.6 Å². The third-order valence-electron chi connectivity index (χ3n) is 3.84. The number of rotatable bonds is 4. The van der Waals surface area contributed by atoms with Gasteiger partial charge in [-0.05, 0) is 44.9 Å². The summed E-state index contributed by atoms with van der Waals surface area (Å²) in [7, 11) is 1.32. The van der Waals surface area contributed by atoms with Gasteiger partial charge in [-0.1, -0.05) is 26.0 Å². The highest BCUT2D eigenvalue weighted by molar-refractivity contribution is 5.86. The molecule has 0 bridgehead atoms. The molecule has 0 radical (unpaired) electrons. The SMILES string of the molecule is COC(=O)C(N)C(C)(C)c1ccc(NC(=O)OC(C)(C)C)c(C)c1. The van der Waals surface area contributed by atoms with Gasteiger partial charge in [-0.15, -0.1) is 0 Å². The highest BCUT2D eigenvalue weighted by Crippen LogP contribution is 2.30. The zero-order valence-electron chi connectivity index (χ0n) is 15.5. The summed E-state index contributed by atoms with van der Waals surface area (Å²) in [6.07, 6.45) is -0.510. The molecular formula is C18H28N2O4. The van der Waals surface area contributed by atoms with Gasteiger partial charge < -0.3 is 15.2 Å². The number of amides is 1. The van der Waals surface area contributed by atoms with Gasteiger partial charge in [0.25, 0.3) is 0 Å². The Morgan fingerprint density at radius 2 is 1.75 bits per heavy atom. The summed E-state index contributed by atoms with van der Waals surface area (Å²) in [6.45, 7) is 11.0. The van der Waals surface area contributed by atoms with Gasteiger partial charge >= 0.3 is 12.1 Å². The van der Waals surface area contributed by atoms with Gasteiger partial charge in [0.15, 0.2) is 0 Å². The molecule has 1 amide bonds. The van der Waals surface area contributed by atoms with Gasteiger partial charge in [-0.3, -0.25) is 10.1 Å². The van der Waals surface area contributed by atoms with E-state index in [1.54, 1.807) is 26.8 Å². The van der Waals surface area contributed by atoms with Crippen LogP contribution in [0.5, 0.6) is 0 Å². The number of hydrogen-bond donors (Lipinski definition) is 2. The zero-order valence-corrected chi connectivity index (χ0v) is 15.5. The number of ether oxygens (including phenoxy) is 2. The van der Waals surface area contributed by atoms with E-state index in [4.69, 9.17) is 15.2 Å². The lowest BCUT2D eigenvalue weighted by Crippen LogP contribution is -2.47. The summed E-state index contributed by atoms with van der Waals surface area (Å²) in [5.41, 5.74) is 7.22. The first-order chi connectivity index (χ1) is 10.9. The van der Waals surface area contributed by atoms with E-state index in [-0.39, 0.29) is 0 Å². The molecule has 0 saturated carbocycles. The van der Waals surface area contributed by atoms with Crippen LogP contribution in [0.15, 0.2) is 18.2 Å². The average Bonchev–Trinajstić information content (AvgIpc) is 2.45. The predicted molar refractivity (Wildman–Crippen MR) is 94.1 cm³/mol. The molecule has 1 unspecified atom stereocenters. The first-order valence-electron chi connectivity index (χ1n) is 7.83. The number of hydrogen-bond acceptors (Lipinski definition) is 5. The van der Waals surface area contributed by atoms with Crippen LogP contribution < -0.4 is 11.1 Å². The molecule has 0 aliphatic heterocycles. The van der Waals surface area contributed by atoms with Crippen molar-refractivity contribution < 1.29 is 19.1 Å². The van der Waals surface area contributed by atoms with Crippen LogP contribution in [0.25, 0.3) is 0 Å². The van der Waals surface area contributed by atoms with Crippen LogP contribution >= 0.6 is 0 Å². The molecule has 0 aliphatic carbocycles. The fourth-order valence-corrected chi connectivity index (χ4v) is 2.22. The summed E-state index contributed by atoms with van der Waals surface area (Å²) in [6, 6.07) is 4.73. The average molecular weight is 336 g/mol. The van der Waals surface area contributed by atoms with Gasteiger partial charge in [0.2, 0.25) is 0 Å².